The molecular formula is C25H22F3N3O4. The van der Waals surface area contributed by atoms with E-state index in [4.69, 9.17) is 4.74 Å². The van der Waals surface area contributed by atoms with Crippen LogP contribution in [0, 0.1) is 24.4 Å². The molecule has 1 amide bonds. The summed E-state index contributed by atoms with van der Waals surface area (Å²) in [5, 5.41) is 22.7. The maximum Gasteiger partial charge on any atom is 0.271 e. The zero-order chi connectivity index (χ0) is 25.2. The van der Waals surface area contributed by atoms with E-state index in [2.05, 4.69) is 10.3 Å². The molecule has 4 rings (SSSR count). The molecule has 35 heavy (non-hydrogen) atoms. The normalized spacial score (nSPS) is 11.6. The fraction of sp³-hybridized carbons (Fsp3) is 0.200. The van der Waals surface area contributed by atoms with Crippen LogP contribution < -0.4 is 10.1 Å². The molecule has 182 valence electrons. The van der Waals surface area contributed by atoms with Gasteiger partial charge >= 0.3 is 0 Å². The highest BCUT2D eigenvalue weighted by atomic mass is 19.1. The minimum Gasteiger partial charge on any atom is -0.485 e. The summed E-state index contributed by atoms with van der Waals surface area (Å²) in [6.45, 7) is -0.119. The van der Waals surface area contributed by atoms with Gasteiger partial charge in [0.05, 0.1) is 24.5 Å². The smallest absolute Gasteiger partial charge is 0.271 e. The number of imidazole rings is 1. The van der Waals surface area contributed by atoms with Crippen molar-refractivity contribution in [3.05, 3.63) is 101 Å². The molecule has 4 aromatic rings. The molecule has 2 aromatic carbocycles. The molecule has 0 atom stereocenters. The van der Waals surface area contributed by atoms with Gasteiger partial charge in [-0.05, 0) is 48.9 Å². The number of hydrogen-bond donors (Lipinski definition) is 3. The molecule has 3 N–H and O–H groups in total. The zero-order valence-corrected chi connectivity index (χ0v) is 18.6. The van der Waals surface area contributed by atoms with Crippen molar-refractivity contribution < 1.29 is 32.9 Å². The third-order valence-electron chi connectivity index (χ3n) is 5.73. The predicted octanol–water partition coefficient (Wildman–Crippen LogP) is 3.25. The summed E-state index contributed by atoms with van der Waals surface area (Å²) in [6.07, 6.45) is 1.55. The van der Waals surface area contributed by atoms with E-state index in [9.17, 15) is 28.2 Å². The van der Waals surface area contributed by atoms with E-state index in [1.807, 2.05) is 0 Å². The van der Waals surface area contributed by atoms with Crippen molar-refractivity contribution in [3.63, 3.8) is 0 Å². The van der Waals surface area contributed by atoms with Gasteiger partial charge < -0.3 is 20.3 Å². The van der Waals surface area contributed by atoms with E-state index in [1.165, 1.54) is 22.6 Å². The highest BCUT2D eigenvalue weighted by Gasteiger charge is 2.35. The van der Waals surface area contributed by atoms with E-state index in [0.29, 0.717) is 11.3 Å². The quantitative estimate of drug-likeness (QED) is 0.356. The number of aliphatic hydroxyl groups is 2. The number of aromatic nitrogens is 2. The Kier molecular flexibility index (Phi) is 6.77. The third kappa shape index (κ3) is 4.58. The average molecular weight is 485 g/mol. The number of rotatable bonds is 8. The van der Waals surface area contributed by atoms with Crippen LogP contribution >= 0.6 is 0 Å². The number of carbonyl (C=O) groups is 1. The molecule has 2 heterocycles. The van der Waals surface area contributed by atoms with Crippen LogP contribution in [0.4, 0.5) is 13.2 Å². The number of aryl methyl sites for hydroxylation is 1. The van der Waals surface area contributed by atoms with Crippen LogP contribution in [0.3, 0.4) is 0 Å². The minimum atomic E-state index is -1.59. The largest absolute Gasteiger partial charge is 0.485 e. The Morgan fingerprint density at radius 3 is 2.31 bits per heavy atom. The SMILES string of the molecule is Cc1nc2c(OCc3c(F)cccc3F)cccn2c1C(=O)NC(CO)(CO)c1ccc(F)cc1. The van der Waals surface area contributed by atoms with Gasteiger partial charge in [0.2, 0.25) is 0 Å². The Hall–Kier alpha value is -3.89. The lowest BCUT2D eigenvalue weighted by Crippen LogP contribution is -2.51. The van der Waals surface area contributed by atoms with Gasteiger partial charge in [-0.25, -0.2) is 18.2 Å². The van der Waals surface area contributed by atoms with Gasteiger partial charge in [-0.2, -0.15) is 0 Å². The van der Waals surface area contributed by atoms with Crippen LogP contribution in [-0.4, -0.2) is 38.7 Å². The molecule has 10 heteroatoms. The molecule has 0 fully saturated rings. The van der Waals surface area contributed by atoms with Crippen molar-refractivity contribution >= 4 is 11.6 Å². The molecule has 0 aliphatic rings. The molecular weight excluding hydrogens is 463 g/mol. The maximum absolute atomic E-state index is 14.0. The first kappa shape index (κ1) is 24.2. The van der Waals surface area contributed by atoms with Gasteiger partial charge in [0, 0.05) is 6.20 Å². The second-order valence-corrected chi connectivity index (χ2v) is 7.96. The number of nitrogens with zero attached hydrogens (tertiary/aromatic N) is 2. The molecule has 0 saturated carbocycles. The lowest BCUT2D eigenvalue weighted by Gasteiger charge is -2.31. The Morgan fingerprint density at radius 1 is 1.03 bits per heavy atom. The molecule has 0 spiro atoms. The monoisotopic (exact) mass is 485 g/mol. The van der Waals surface area contributed by atoms with E-state index in [0.717, 1.165) is 24.3 Å². The van der Waals surface area contributed by atoms with Gasteiger partial charge in [-0.3, -0.25) is 9.20 Å². The van der Waals surface area contributed by atoms with Crippen molar-refractivity contribution in [2.75, 3.05) is 13.2 Å². The van der Waals surface area contributed by atoms with E-state index in [1.54, 1.807) is 25.3 Å². The highest BCUT2D eigenvalue weighted by Crippen LogP contribution is 2.26. The van der Waals surface area contributed by atoms with Gasteiger partial charge in [0.25, 0.3) is 5.91 Å². The van der Waals surface area contributed by atoms with Crippen LogP contribution in [0.25, 0.3) is 5.65 Å². The number of pyridine rings is 1. The molecule has 0 aliphatic heterocycles. The number of carbonyl (C=O) groups excluding carboxylic acids is 1. The van der Waals surface area contributed by atoms with Gasteiger partial charge in [-0.15, -0.1) is 0 Å². The molecule has 2 aromatic heterocycles. The standard InChI is InChI=1S/C25H22F3N3O4/c1-15-22(24(34)30-25(13-32,14-33)16-7-9-17(26)10-8-16)31-11-3-6-21(23(31)29-15)35-12-18-19(27)4-2-5-20(18)28/h2-11,32-33H,12-14H2,1H3,(H,30,34). The van der Waals surface area contributed by atoms with Gasteiger partial charge in [0.15, 0.2) is 11.4 Å². The number of halogens is 3. The molecule has 0 saturated heterocycles. The summed E-state index contributed by atoms with van der Waals surface area (Å²) < 4.78 is 48.4. The van der Waals surface area contributed by atoms with Crippen molar-refractivity contribution in [1.29, 1.82) is 0 Å². The Balaban J connectivity index is 1.66. The number of amides is 1. The Morgan fingerprint density at radius 2 is 1.69 bits per heavy atom. The van der Waals surface area contributed by atoms with Crippen molar-refractivity contribution in [3.8, 4) is 5.75 Å². The first-order chi connectivity index (χ1) is 16.8. The van der Waals surface area contributed by atoms with Gasteiger partial charge in [-0.1, -0.05) is 18.2 Å². The number of fused-ring (bicyclic) bond motifs is 1. The number of aliphatic hydroxyl groups excluding tert-OH is 2. The Labute approximate surface area is 198 Å². The molecule has 7 nitrogen and oxygen atoms in total. The van der Waals surface area contributed by atoms with Crippen LogP contribution in [0.5, 0.6) is 5.75 Å². The summed E-state index contributed by atoms with van der Waals surface area (Å²) in [6, 6.07) is 11.7. The second-order valence-electron chi connectivity index (χ2n) is 7.96. The minimum absolute atomic E-state index is 0.0934. The van der Waals surface area contributed by atoms with E-state index in [-0.39, 0.29) is 22.7 Å². The lowest BCUT2D eigenvalue weighted by atomic mass is 9.91. The third-order valence-corrected chi connectivity index (χ3v) is 5.73. The molecule has 0 bridgehead atoms. The highest BCUT2D eigenvalue weighted by molar-refractivity contribution is 5.95. The second kappa shape index (κ2) is 9.77. The molecule has 0 unspecified atom stereocenters. The summed E-state index contributed by atoms with van der Waals surface area (Å²) in [5.74, 6) is -2.49. The maximum atomic E-state index is 14.0. The average Bonchev–Trinajstić information content (AvgIpc) is 3.19. The molecule has 0 radical (unpaired) electrons. The summed E-state index contributed by atoms with van der Waals surface area (Å²) >= 11 is 0. The lowest BCUT2D eigenvalue weighted by molar-refractivity contribution is 0.0652. The van der Waals surface area contributed by atoms with E-state index >= 15 is 0 Å². The fourth-order valence-corrected chi connectivity index (χ4v) is 3.79. The van der Waals surface area contributed by atoms with Gasteiger partial charge in [0.1, 0.15) is 35.3 Å². The zero-order valence-electron chi connectivity index (χ0n) is 18.6. The topological polar surface area (TPSA) is 96.1 Å². The summed E-state index contributed by atoms with van der Waals surface area (Å²) in [4.78, 5) is 17.7. The van der Waals surface area contributed by atoms with Crippen LogP contribution in [0.15, 0.2) is 60.8 Å². The van der Waals surface area contributed by atoms with E-state index < -0.39 is 48.7 Å². The van der Waals surface area contributed by atoms with Crippen molar-refractivity contribution in [2.24, 2.45) is 0 Å². The van der Waals surface area contributed by atoms with Crippen LogP contribution in [-0.2, 0) is 12.1 Å². The number of ether oxygens (including phenoxy) is 1. The summed E-state index contributed by atoms with van der Waals surface area (Å²) in [5.41, 5.74) is -0.897. The molecule has 0 aliphatic carbocycles. The first-order valence-corrected chi connectivity index (χ1v) is 10.6. The Bertz CT molecular complexity index is 1350. The fourth-order valence-electron chi connectivity index (χ4n) is 3.79. The number of benzene rings is 2. The van der Waals surface area contributed by atoms with Crippen molar-refractivity contribution in [2.45, 2.75) is 19.1 Å². The van der Waals surface area contributed by atoms with Crippen molar-refractivity contribution in [1.82, 2.24) is 14.7 Å². The number of nitrogens with one attached hydrogen (secondary N) is 1. The first-order valence-electron chi connectivity index (χ1n) is 10.6. The van der Waals surface area contributed by atoms with Crippen LogP contribution in [0.1, 0.15) is 27.3 Å². The van der Waals surface area contributed by atoms with Crippen LogP contribution in [0.2, 0.25) is 0 Å². The summed E-state index contributed by atoms with van der Waals surface area (Å²) in [7, 11) is 0. The number of hydrogen-bond acceptors (Lipinski definition) is 5. The predicted molar refractivity (Wildman–Crippen MR) is 120 cm³/mol.